The van der Waals surface area contributed by atoms with Crippen LogP contribution in [0, 0.1) is 24.9 Å². The number of nitrogens with zero attached hydrogens (tertiary/aromatic N) is 3. The van der Waals surface area contributed by atoms with Crippen LogP contribution in [0.4, 0.5) is 17.1 Å². The van der Waals surface area contributed by atoms with Crippen molar-refractivity contribution in [2.24, 2.45) is 0 Å². The molecule has 5 aromatic carbocycles. The number of benzene rings is 5. The van der Waals surface area contributed by atoms with E-state index in [4.69, 9.17) is 0 Å². The van der Waals surface area contributed by atoms with Crippen molar-refractivity contribution in [2.45, 2.75) is 19.6 Å². The van der Waals surface area contributed by atoms with Gasteiger partial charge < -0.3 is 14.4 Å². The molecule has 0 saturated carbocycles. The van der Waals surface area contributed by atoms with Crippen LogP contribution in [0.15, 0.2) is 103 Å². The Kier molecular flexibility index (Phi) is 6.94. The summed E-state index contributed by atoms with van der Waals surface area (Å²) in [6.07, 6.45) is 0. The van der Waals surface area contributed by atoms with Gasteiger partial charge >= 0.3 is 21.1 Å². The second-order valence-corrected chi connectivity index (χ2v) is 15.1. The van der Waals surface area contributed by atoms with Gasteiger partial charge in [-0.1, -0.05) is 48.9 Å². The average Bonchev–Trinajstić information content (AvgIpc) is 3.48. The first-order valence-electron chi connectivity index (χ1n) is 13.4. The maximum Gasteiger partial charge on any atom is 4.00 e. The fourth-order valence-electron chi connectivity index (χ4n) is 5.78. The SMILES string of the molecule is CN1[CH-]N(c2[c-]c([Si](C)(C)c3[c-]cc4c(c3)c3ccccc3n4Cc3[c-]cccc3)ccc2)c2ccccc21.[Pt+4]. The van der Waals surface area contributed by atoms with Crippen molar-refractivity contribution in [2.75, 3.05) is 16.8 Å². The number of rotatable bonds is 5. The van der Waals surface area contributed by atoms with Crippen molar-refractivity contribution in [3.05, 3.63) is 134 Å². The largest absolute Gasteiger partial charge is 4.00 e. The minimum Gasteiger partial charge on any atom is -0.504 e. The zero-order chi connectivity index (χ0) is 26.6. The fraction of sp³-hybridized carbons (Fsp3) is 0.114. The van der Waals surface area contributed by atoms with Gasteiger partial charge in [0, 0.05) is 23.4 Å². The minimum atomic E-state index is -2.10. The van der Waals surface area contributed by atoms with E-state index in [1.807, 2.05) is 12.1 Å². The molecule has 0 unspecified atom stereocenters. The molecule has 0 spiro atoms. The van der Waals surface area contributed by atoms with E-state index in [0.29, 0.717) is 0 Å². The Bertz CT molecular complexity index is 1830. The molecule has 0 fully saturated rings. The Morgan fingerprint density at radius 1 is 0.750 bits per heavy atom. The minimum absolute atomic E-state index is 0. The van der Waals surface area contributed by atoms with E-state index in [2.05, 4.69) is 150 Å². The normalized spacial score (nSPS) is 13.1. The quantitative estimate of drug-likeness (QED) is 0.144. The van der Waals surface area contributed by atoms with Crippen molar-refractivity contribution >= 4 is 57.3 Å². The maximum atomic E-state index is 3.81. The third-order valence-corrected chi connectivity index (χ3v) is 11.3. The van der Waals surface area contributed by atoms with Gasteiger partial charge in [0.2, 0.25) is 0 Å². The Hall–Kier alpha value is -3.59. The number of para-hydroxylation sites is 3. The van der Waals surface area contributed by atoms with Crippen LogP contribution in [-0.4, -0.2) is 19.7 Å². The molecule has 40 heavy (non-hydrogen) atoms. The van der Waals surface area contributed by atoms with Crippen molar-refractivity contribution in [3.8, 4) is 0 Å². The summed E-state index contributed by atoms with van der Waals surface area (Å²) >= 11 is 0. The summed E-state index contributed by atoms with van der Waals surface area (Å²) in [5.74, 6) is 0. The molecule has 5 heteroatoms. The fourth-order valence-corrected chi connectivity index (χ4v) is 7.96. The molecule has 0 aliphatic carbocycles. The number of anilines is 3. The summed E-state index contributed by atoms with van der Waals surface area (Å²) in [5, 5.41) is 5.14. The van der Waals surface area contributed by atoms with Gasteiger partial charge in [0.25, 0.3) is 0 Å². The van der Waals surface area contributed by atoms with Crippen molar-refractivity contribution < 1.29 is 21.1 Å². The van der Waals surface area contributed by atoms with Gasteiger partial charge in [0.15, 0.2) is 0 Å². The molecule has 1 aliphatic heterocycles. The predicted octanol–water partition coefficient (Wildman–Crippen LogP) is 6.77. The van der Waals surface area contributed by atoms with Crippen LogP contribution in [0.2, 0.25) is 13.1 Å². The molecule has 1 aromatic heterocycles. The molecule has 0 saturated heterocycles. The summed E-state index contributed by atoms with van der Waals surface area (Å²) in [6, 6.07) is 47.6. The molecule has 0 bridgehead atoms. The van der Waals surface area contributed by atoms with Crippen molar-refractivity contribution in [1.29, 1.82) is 0 Å². The molecular formula is C35H29N3PtSi. The van der Waals surface area contributed by atoms with Crippen molar-refractivity contribution in [3.63, 3.8) is 0 Å². The standard InChI is InChI=1S/C35H29N3Si.Pt/c1-36-25-38(35-19-10-9-18-34(35)36)27-14-11-15-28(22-27)39(2,3)29-20-21-33-31(23-29)30-16-7-8-17-32(30)37(33)24-26-12-5-4-6-13-26;/h4-12,14-19,21,23,25H,24H2,1-3H3;/q-4;+4. The Labute approximate surface area is 251 Å². The van der Waals surface area contributed by atoms with E-state index in [1.165, 1.54) is 49.1 Å². The van der Waals surface area contributed by atoms with Gasteiger partial charge in [-0.3, -0.25) is 0 Å². The number of hydrogen-bond donors (Lipinski definition) is 0. The van der Waals surface area contributed by atoms with Crippen LogP contribution in [0.5, 0.6) is 0 Å². The van der Waals surface area contributed by atoms with E-state index < -0.39 is 8.07 Å². The van der Waals surface area contributed by atoms with Gasteiger partial charge in [0.05, 0.1) is 8.07 Å². The van der Waals surface area contributed by atoms with Crippen LogP contribution < -0.4 is 20.2 Å². The third-order valence-electron chi connectivity index (χ3n) is 8.00. The second kappa shape index (κ2) is 10.4. The maximum absolute atomic E-state index is 3.81. The summed E-state index contributed by atoms with van der Waals surface area (Å²) < 4.78 is 2.40. The first kappa shape index (κ1) is 26.6. The Morgan fingerprint density at radius 3 is 2.35 bits per heavy atom. The molecule has 0 atom stereocenters. The monoisotopic (exact) mass is 714 g/mol. The van der Waals surface area contributed by atoms with E-state index in [-0.39, 0.29) is 21.1 Å². The van der Waals surface area contributed by atoms with Crippen LogP contribution in [-0.2, 0) is 27.6 Å². The molecule has 2 heterocycles. The smallest absolute Gasteiger partial charge is 0.504 e. The summed E-state index contributed by atoms with van der Waals surface area (Å²) in [4.78, 5) is 4.41. The van der Waals surface area contributed by atoms with Crippen LogP contribution >= 0.6 is 0 Å². The van der Waals surface area contributed by atoms with E-state index in [1.54, 1.807) is 0 Å². The first-order valence-corrected chi connectivity index (χ1v) is 16.4. The van der Waals surface area contributed by atoms with Gasteiger partial charge in [-0.2, -0.15) is 89.8 Å². The molecule has 6 aromatic rings. The van der Waals surface area contributed by atoms with Gasteiger partial charge in [-0.25, -0.2) is 0 Å². The van der Waals surface area contributed by atoms with Gasteiger partial charge in [0.1, 0.15) is 0 Å². The van der Waals surface area contributed by atoms with E-state index in [0.717, 1.165) is 12.2 Å². The Balaban J connectivity index is 0.00000289. The topological polar surface area (TPSA) is 11.4 Å². The van der Waals surface area contributed by atoms with Crippen LogP contribution in [0.3, 0.4) is 0 Å². The average molecular weight is 715 g/mol. The number of hydrogen-bond acceptors (Lipinski definition) is 2. The summed E-state index contributed by atoms with van der Waals surface area (Å²) in [7, 11) is -0.00156. The van der Waals surface area contributed by atoms with Crippen molar-refractivity contribution in [1.82, 2.24) is 4.57 Å². The van der Waals surface area contributed by atoms with E-state index in [9.17, 15) is 0 Å². The zero-order valence-corrected chi connectivity index (χ0v) is 26.0. The molecule has 7 rings (SSSR count). The van der Waals surface area contributed by atoms with Crippen LogP contribution in [0.1, 0.15) is 5.56 Å². The van der Waals surface area contributed by atoms with E-state index >= 15 is 0 Å². The number of aromatic nitrogens is 1. The summed E-state index contributed by atoms with van der Waals surface area (Å²) in [5.41, 5.74) is 7.10. The first-order chi connectivity index (χ1) is 19.0. The van der Waals surface area contributed by atoms with Gasteiger partial charge in [-0.15, -0.1) is 16.6 Å². The predicted molar refractivity (Wildman–Crippen MR) is 166 cm³/mol. The number of fused-ring (bicyclic) bond motifs is 4. The zero-order valence-electron chi connectivity index (χ0n) is 22.8. The second-order valence-electron chi connectivity index (χ2n) is 10.8. The molecule has 1 aliphatic rings. The molecule has 198 valence electrons. The Morgan fingerprint density at radius 2 is 1.52 bits per heavy atom. The van der Waals surface area contributed by atoms with Gasteiger partial charge in [-0.05, 0) is 30.6 Å². The molecule has 0 N–H and O–H groups in total. The third kappa shape index (κ3) is 4.40. The summed E-state index contributed by atoms with van der Waals surface area (Å²) in [6.45, 7) is 7.75. The molecule has 0 amide bonds. The molecular weight excluding hydrogens is 686 g/mol. The molecule has 0 radical (unpaired) electrons. The van der Waals surface area contributed by atoms with Crippen LogP contribution in [0.25, 0.3) is 21.8 Å². The molecule has 3 nitrogen and oxygen atoms in total.